The molecule has 0 aliphatic carbocycles. The van der Waals surface area contributed by atoms with Crippen molar-refractivity contribution >= 4 is 38.2 Å². The summed E-state index contributed by atoms with van der Waals surface area (Å²) in [4.78, 5) is 15.5. The van der Waals surface area contributed by atoms with Gasteiger partial charge in [0.15, 0.2) is 17.2 Å². The number of rotatable bonds is 8. The Balaban J connectivity index is 1.69. The summed E-state index contributed by atoms with van der Waals surface area (Å²) in [6.45, 7) is 1.25. The molecule has 4 aromatic rings. The van der Waals surface area contributed by atoms with Gasteiger partial charge in [-0.1, -0.05) is 35.9 Å². The van der Waals surface area contributed by atoms with E-state index in [2.05, 4.69) is 15.2 Å². The Hall–Kier alpha value is -4.38. The second-order valence-corrected chi connectivity index (χ2v) is 9.69. The van der Waals surface area contributed by atoms with E-state index in [0.717, 1.165) is 9.87 Å². The van der Waals surface area contributed by atoms with Crippen molar-refractivity contribution < 1.29 is 27.8 Å². The number of methoxy groups -OCH3 is 2. The molecule has 0 fully saturated rings. The summed E-state index contributed by atoms with van der Waals surface area (Å²) in [6.07, 6.45) is 0. The van der Waals surface area contributed by atoms with E-state index in [4.69, 9.17) is 9.47 Å². The first kappa shape index (κ1) is 24.7. The predicted molar refractivity (Wildman–Crippen MR) is 135 cm³/mol. The van der Waals surface area contributed by atoms with Crippen LogP contribution in [0.25, 0.3) is 10.9 Å². The van der Waals surface area contributed by atoms with Crippen molar-refractivity contribution in [3.05, 3.63) is 72.3 Å². The van der Waals surface area contributed by atoms with Crippen molar-refractivity contribution in [2.75, 3.05) is 25.1 Å². The zero-order chi connectivity index (χ0) is 25.9. The number of aromatic hydroxyl groups is 1. The van der Waals surface area contributed by atoms with Crippen LogP contribution in [0.1, 0.15) is 5.56 Å². The molecule has 0 saturated heterocycles. The Kier molecular flexibility index (Phi) is 6.93. The number of nitrogens with zero attached hydrogens (tertiary/aromatic N) is 3. The lowest BCUT2D eigenvalue weighted by Crippen LogP contribution is -2.35. The maximum Gasteiger partial charge on any atom is 0.285 e. The number of para-hydroxylation sites is 1. The molecule has 4 rings (SSSR count). The van der Waals surface area contributed by atoms with Crippen LogP contribution in [0.4, 0.5) is 11.4 Å². The zero-order valence-corrected chi connectivity index (χ0v) is 20.6. The number of hydrogen-bond donors (Lipinski definition) is 2. The monoisotopic (exact) mass is 508 g/mol. The molecule has 2 N–H and O–H groups in total. The van der Waals surface area contributed by atoms with Gasteiger partial charge in [-0.15, -0.1) is 10.2 Å². The molecule has 0 unspecified atom stereocenters. The number of anilines is 1. The molecule has 0 radical (unpaired) electrons. The number of benzene rings is 3. The van der Waals surface area contributed by atoms with E-state index in [0.29, 0.717) is 16.7 Å². The quantitative estimate of drug-likeness (QED) is 0.331. The molecule has 1 aromatic heterocycles. The lowest BCUT2D eigenvalue weighted by atomic mass is 10.2. The van der Waals surface area contributed by atoms with Crippen molar-refractivity contribution in [1.29, 1.82) is 0 Å². The molecular formula is C25H24N4O6S. The minimum absolute atomic E-state index is 0.0867. The number of aryl methyl sites for hydroxylation is 1. The largest absolute Gasteiger partial charge is 0.493 e. The molecule has 186 valence electrons. The fourth-order valence-electron chi connectivity index (χ4n) is 3.60. The Labute approximate surface area is 207 Å². The van der Waals surface area contributed by atoms with Crippen molar-refractivity contribution in [2.45, 2.75) is 11.8 Å². The van der Waals surface area contributed by atoms with Gasteiger partial charge in [-0.25, -0.2) is 8.42 Å². The number of aromatic nitrogens is 1. The van der Waals surface area contributed by atoms with Gasteiger partial charge in [-0.3, -0.25) is 9.10 Å². The number of aromatic amines is 1. The van der Waals surface area contributed by atoms with E-state index in [-0.39, 0.29) is 27.9 Å². The molecule has 0 bridgehead atoms. The number of ether oxygens (including phenoxy) is 2. The molecule has 1 heterocycles. The van der Waals surface area contributed by atoms with Gasteiger partial charge in [0.05, 0.1) is 30.3 Å². The van der Waals surface area contributed by atoms with Gasteiger partial charge in [0.1, 0.15) is 6.54 Å². The first-order chi connectivity index (χ1) is 17.2. The van der Waals surface area contributed by atoms with E-state index < -0.39 is 22.5 Å². The van der Waals surface area contributed by atoms with E-state index in [1.165, 1.54) is 32.4 Å². The first-order valence-electron chi connectivity index (χ1n) is 10.8. The Morgan fingerprint density at radius 2 is 1.69 bits per heavy atom. The standard InChI is InChI=1S/C25H24N4O6S/c1-16-8-10-17(11-9-16)29(36(32,33)18-12-13-21(34-2)22(14-18)35-3)15-23(30)27-28-24-19-6-4-5-7-20(19)26-25(24)31/h4-14,26,31H,15H2,1-3H3. The van der Waals surface area contributed by atoms with E-state index in [1.807, 2.05) is 6.92 Å². The average molecular weight is 509 g/mol. The lowest BCUT2D eigenvalue weighted by Gasteiger charge is -2.23. The van der Waals surface area contributed by atoms with Gasteiger partial charge in [-0.05, 0) is 37.3 Å². The third kappa shape index (κ3) is 4.86. The fraction of sp³-hybridized carbons (Fsp3) is 0.160. The van der Waals surface area contributed by atoms with E-state index >= 15 is 0 Å². The summed E-state index contributed by atoms with van der Waals surface area (Å²) in [6, 6.07) is 17.8. The minimum atomic E-state index is -4.21. The highest BCUT2D eigenvalue weighted by molar-refractivity contribution is 7.92. The van der Waals surface area contributed by atoms with Crippen molar-refractivity contribution in [3.63, 3.8) is 0 Å². The van der Waals surface area contributed by atoms with Gasteiger partial charge in [0.25, 0.3) is 15.9 Å². The van der Waals surface area contributed by atoms with Gasteiger partial charge >= 0.3 is 0 Å². The van der Waals surface area contributed by atoms with Crippen LogP contribution < -0.4 is 13.8 Å². The van der Waals surface area contributed by atoms with Crippen LogP contribution in [0.3, 0.4) is 0 Å². The number of H-pyrrole nitrogens is 1. The second kappa shape index (κ2) is 10.1. The average Bonchev–Trinajstić information content (AvgIpc) is 3.20. The molecule has 0 spiro atoms. The molecule has 36 heavy (non-hydrogen) atoms. The summed E-state index contributed by atoms with van der Waals surface area (Å²) in [5.41, 5.74) is 1.90. The Morgan fingerprint density at radius 3 is 2.39 bits per heavy atom. The topological polar surface area (TPSA) is 134 Å². The smallest absolute Gasteiger partial charge is 0.285 e. The number of carbonyl (C=O) groups excluding carboxylic acids is 1. The molecule has 1 amide bonds. The highest BCUT2D eigenvalue weighted by Crippen LogP contribution is 2.35. The highest BCUT2D eigenvalue weighted by atomic mass is 32.2. The van der Waals surface area contributed by atoms with Gasteiger partial charge < -0.3 is 19.6 Å². The van der Waals surface area contributed by atoms with Gasteiger partial charge in [0, 0.05) is 11.5 Å². The number of amides is 1. The van der Waals surface area contributed by atoms with Crippen LogP contribution in [0.15, 0.2) is 81.9 Å². The van der Waals surface area contributed by atoms with Crippen LogP contribution in [-0.2, 0) is 14.8 Å². The zero-order valence-electron chi connectivity index (χ0n) is 19.8. The third-order valence-corrected chi connectivity index (χ3v) is 7.23. The van der Waals surface area contributed by atoms with E-state index in [9.17, 15) is 18.3 Å². The van der Waals surface area contributed by atoms with Gasteiger partial charge in [-0.2, -0.15) is 0 Å². The summed E-state index contributed by atoms with van der Waals surface area (Å²) in [5, 5.41) is 18.3. The van der Waals surface area contributed by atoms with E-state index in [1.54, 1.807) is 48.5 Å². The third-order valence-electron chi connectivity index (χ3n) is 5.46. The highest BCUT2D eigenvalue weighted by Gasteiger charge is 2.28. The van der Waals surface area contributed by atoms with Crippen molar-refractivity contribution in [1.82, 2.24) is 4.98 Å². The molecule has 0 aliphatic heterocycles. The maximum absolute atomic E-state index is 13.6. The van der Waals surface area contributed by atoms with Crippen LogP contribution in [-0.4, -0.2) is 45.2 Å². The number of carbonyl (C=O) groups is 1. The minimum Gasteiger partial charge on any atom is -0.493 e. The normalized spacial score (nSPS) is 11.6. The fourth-order valence-corrected chi connectivity index (χ4v) is 5.03. The Morgan fingerprint density at radius 1 is 1.00 bits per heavy atom. The maximum atomic E-state index is 13.6. The molecule has 0 saturated carbocycles. The van der Waals surface area contributed by atoms with Crippen LogP contribution in [0.2, 0.25) is 0 Å². The number of nitrogens with one attached hydrogen (secondary N) is 1. The summed E-state index contributed by atoms with van der Waals surface area (Å²) in [5.74, 6) is -0.490. The lowest BCUT2D eigenvalue weighted by molar-refractivity contribution is -0.116. The predicted octanol–water partition coefficient (Wildman–Crippen LogP) is 4.70. The summed E-state index contributed by atoms with van der Waals surface area (Å²) >= 11 is 0. The Bertz CT molecular complexity index is 1540. The molecular weight excluding hydrogens is 484 g/mol. The first-order valence-corrected chi connectivity index (χ1v) is 12.2. The number of hydrogen-bond acceptors (Lipinski definition) is 7. The number of azo groups is 1. The van der Waals surface area contributed by atoms with Crippen molar-refractivity contribution in [2.24, 2.45) is 10.2 Å². The number of fused-ring (bicyclic) bond motifs is 1. The molecule has 11 heteroatoms. The summed E-state index contributed by atoms with van der Waals surface area (Å²) < 4.78 is 38.7. The molecule has 0 aliphatic rings. The molecule has 0 atom stereocenters. The molecule has 3 aromatic carbocycles. The van der Waals surface area contributed by atoms with Gasteiger partial charge in [0.2, 0.25) is 5.88 Å². The molecule has 10 nitrogen and oxygen atoms in total. The SMILES string of the molecule is COc1ccc(S(=O)(=O)N(CC(=O)N=Nc2c(O)[nH]c3ccccc23)c2ccc(C)cc2)cc1OC. The van der Waals surface area contributed by atoms with Crippen LogP contribution in [0, 0.1) is 6.92 Å². The van der Waals surface area contributed by atoms with Crippen molar-refractivity contribution in [3.8, 4) is 17.4 Å². The van der Waals surface area contributed by atoms with Crippen LogP contribution in [0.5, 0.6) is 17.4 Å². The van der Waals surface area contributed by atoms with Crippen LogP contribution >= 0.6 is 0 Å². The summed E-state index contributed by atoms with van der Waals surface area (Å²) in [7, 11) is -1.37. The number of sulfonamides is 1. The second-order valence-electron chi connectivity index (χ2n) is 7.83.